The van der Waals surface area contributed by atoms with Gasteiger partial charge in [-0.1, -0.05) is 19.1 Å². The van der Waals surface area contributed by atoms with Crippen LogP contribution in [0.15, 0.2) is 24.3 Å². The van der Waals surface area contributed by atoms with Crippen LogP contribution in [0.2, 0.25) is 0 Å². The van der Waals surface area contributed by atoms with Crippen LogP contribution in [0.5, 0.6) is 0 Å². The van der Waals surface area contributed by atoms with E-state index in [-0.39, 0.29) is 0 Å². The second kappa shape index (κ2) is 6.06. The number of anilines is 1. The minimum atomic E-state index is -0.950. The first-order valence-electron chi connectivity index (χ1n) is 6.88. The highest BCUT2D eigenvalue weighted by molar-refractivity contribution is 5.73. The summed E-state index contributed by atoms with van der Waals surface area (Å²) in [5.41, 5.74) is 7.73. The molecule has 4 heteroatoms. The van der Waals surface area contributed by atoms with Crippen LogP contribution in [0.4, 0.5) is 5.69 Å². The Morgan fingerprint density at radius 3 is 2.47 bits per heavy atom. The average molecular weight is 262 g/mol. The van der Waals surface area contributed by atoms with Crippen LogP contribution in [-0.2, 0) is 11.2 Å². The summed E-state index contributed by atoms with van der Waals surface area (Å²) in [7, 11) is 0. The summed E-state index contributed by atoms with van der Waals surface area (Å²) in [4.78, 5) is 13.1. The first-order chi connectivity index (χ1) is 9.06. The number of nitrogens with zero attached hydrogens (tertiary/aromatic N) is 1. The number of nitrogens with two attached hydrogens (primary N) is 1. The van der Waals surface area contributed by atoms with Gasteiger partial charge in [0.2, 0.25) is 0 Å². The van der Waals surface area contributed by atoms with E-state index in [2.05, 4.69) is 24.0 Å². The van der Waals surface area contributed by atoms with Crippen molar-refractivity contribution in [1.82, 2.24) is 0 Å². The molecule has 0 spiro atoms. The molecule has 1 saturated heterocycles. The van der Waals surface area contributed by atoms with Gasteiger partial charge in [0.05, 0.1) is 0 Å². The van der Waals surface area contributed by atoms with E-state index in [4.69, 9.17) is 10.8 Å². The van der Waals surface area contributed by atoms with Gasteiger partial charge in [-0.05, 0) is 42.9 Å². The predicted octanol–water partition coefficient (Wildman–Crippen LogP) is 1.88. The number of carboxylic acid groups (broad SMARTS) is 1. The first kappa shape index (κ1) is 13.9. The molecule has 1 aromatic carbocycles. The maximum Gasteiger partial charge on any atom is 0.320 e. The van der Waals surface area contributed by atoms with Crippen LogP contribution < -0.4 is 10.6 Å². The lowest BCUT2D eigenvalue weighted by atomic mass is 9.98. The zero-order valence-corrected chi connectivity index (χ0v) is 11.4. The molecular formula is C15H22N2O2. The second-order valence-electron chi connectivity index (χ2n) is 5.48. The molecule has 0 amide bonds. The van der Waals surface area contributed by atoms with Gasteiger partial charge in [0.25, 0.3) is 0 Å². The molecule has 0 aliphatic carbocycles. The quantitative estimate of drug-likeness (QED) is 0.869. The third kappa shape index (κ3) is 3.70. The van der Waals surface area contributed by atoms with Crippen molar-refractivity contribution >= 4 is 11.7 Å². The fraction of sp³-hybridized carbons (Fsp3) is 0.533. The van der Waals surface area contributed by atoms with Gasteiger partial charge in [-0.15, -0.1) is 0 Å². The number of benzene rings is 1. The summed E-state index contributed by atoms with van der Waals surface area (Å²) in [6, 6.07) is 7.29. The zero-order valence-electron chi connectivity index (χ0n) is 11.4. The molecule has 1 heterocycles. The van der Waals surface area contributed by atoms with Crippen molar-refractivity contribution in [1.29, 1.82) is 0 Å². The summed E-state index contributed by atoms with van der Waals surface area (Å²) in [5, 5.41) is 8.79. The summed E-state index contributed by atoms with van der Waals surface area (Å²) in [6.07, 6.45) is 2.87. The van der Waals surface area contributed by atoms with Gasteiger partial charge in [-0.3, -0.25) is 4.79 Å². The lowest BCUT2D eigenvalue weighted by Gasteiger charge is -2.32. The normalized spacial score (nSPS) is 18.3. The first-order valence-corrected chi connectivity index (χ1v) is 6.88. The molecular weight excluding hydrogens is 240 g/mol. The Balaban J connectivity index is 1.96. The molecule has 0 bridgehead atoms. The maximum atomic E-state index is 10.7. The number of aliphatic carboxylic acids is 1. The van der Waals surface area contributed by atoms with Crippen LogP contribution in [0.3, 0.4) is 0 Å². The van der Waals surface area contributed by atoms with Gasteiger partial charge in [0, 0.05) is 18.8 Å². The second-order valence-corrected chi connectivity index (χ2v) is 5.48. The summed E-state index contributed by atoms with van der Waals surface area (Å²) < 4.78 is 0. The third-order valence-electron chi connectivity index (χ3n) is 3.86. The molecule has 1 fully saturated rings. The van der Waals surface area contributed by atoms with Gasteiger partial charge in [0.15, 0.2) is 0 Å². The van der Waals surface area contributed by atoms with E-state index in [1.807, 2.05) is 12.1 Å². The molecule has 0 aromatic heterocycles. The maximum absolute atomic E-state index is 10.7. The Labute approximate surface area is 114 Å². The number of rotatable bonds is 4. The van der Waals surface area contributed by atoms with Crippen LogP contribution in [0.25, 0.3) is 0 Å². The smallest absolute Gasteiger partial charge is 0.320 e. The van der Waals surface area contributed by atoms with Gasteiger partial charge in [0.1, 0.15) is 6.04 Å². The molecule has 104 valence electrons. The topological polar surface area (TPSA) is 66.6 Å². The Morgan fingerprint density at radius 1 is 1.37 bits per heavy atom. The third-order valence-corrected chi connectivity index (χ3v) is 3.86. The molecule has 1 aliphatic heterocycles. The lowest BCUT2D eigenvalue weighted by molar-refractivity contribution is -0.138. The van der Waals surface area contributed by atoms with E-state index in [9.17, 15) is 4.79 Å². The fourth-order valence-electron chi connectivity index (χ4n) is 2.45. The van der Waals surface area contributed by atoms with Gasteiger partial charge >= 0.3 is 5.97 Å². The summed E-state index contributed by atoms with van der Waals surface area (Å²) >= 11 is 0. The van der Waals surface area contributed by atoms with Crippen molar-refractivity contribution < 1.29 is 9.90 Å². The highest BCUT2D eigenvalue weighted by Crippen LogP contribution is 2.23. The molecule has 1 atom stereocenters. The zero-order chi connectivity index (χ0) is 13.8. The number of carboxylic acids is 1. The minimum absolute atomic E-state index is 0.382. The molecule has 1 unspecified atom stereocenters. The van der Waals surface area contributed by atoms with Gasteiger partial charge in [-0.2, -0.15) is 0 Å². The highest BCUT2D eigenvalue weighted by atomic mass is 16.4. The molecule has 4 nitrogen and oxygen atoms in total. The molecule has 19 heavy (non-hydrogen) atoms. The molecule has 1 aromatic rings. The fourth-order valence-corrected chi connectivity index (χ4v) is 2.45. The van der Waals surface area contributed by atoms with Crippen molar-refractivity contribution in [3.8, 4) is 0 Å². The Bertz CT molecular complexity index is 422. The van der Waals surface area contributed by atoms with Crippen molar-refractivity contribution in [2.75, 3.05) is 18.0 Å². The van der Waals surface area contributed by atoms with E-state index in [0.29, 0.717) is 6.42 Å². The van der Waals surface area contributed by atoms with E-state index >= 15 is 0 Å². The minimum Gasteiger partial charge on any atom is -0.480 e. The van der Waals surface area contributed by atoms with Crippen LogP contribution in [0, 0.1) is 5.92 Å². The number of piperidine rings is 1. The monoisotopic (exact) mass is 262 g/mol. The van der Waals surface area contributed by atoms with Crippen molar-refractivity contribution in [2.24, 2.45) is 11.7 Å². The standard InChI is InChI=1S/C15H22N2O2/c1-11-6-8-17(9-7-11)13-4-2-12(3-5-13)10-14(16)15(18)19/h2-5,11,14H,6-10,16H2,1H3,(H,18,19). The van der Waals surface area contributed by atoms with Crippen molar-refractivity contribution in [2.45, 2.75) is 32.2 Å². The Kier molecular flexibility index (Phi) is 4.43. The summed E-state index contributed by atoms with van der Waals surface area (Å²) in [5.74, 6) is -0.127. The Morgan fingerprint density at radius 2 is 1.95 bits per heavy atom. The van der Waals surface area contributed by atoms with E-state index in [1.54, 1.807) is 0 Å². The van der Waals surface area contributed by atoms with Crippen LogP contribution >= 0.6 is 0 Å². The number of hydrogen-bond donors (Lipinski definition) is 2. The van der Waals surface area contributed by atoms with Gasteiger partial charge < -0.3 is 15.7 Å². The number of hydrogen-bond acceptors (Lipinski definition) is 3. The van der Waals surface area contributed by atoms with E-state index < -0.39 is 12.0 Å². The molecule has 2 rings (SSSR count). The number of carbonyl (C=O) groups is 1. The average Bonchev–Trinajstić information content (AvgIpc) is 2.40. The lowest BCUT2D eigenvalue weighted by Crippen LogP contribution is -2.33. The van der Waals surface area contributed by atoms with E-state index in [0.717, 1.165) is 24.6 Å². The van der Waals surface area contributed by atoms with Crippen molar-refractivity contribution in [3.63, 3.8) is 0 Å². The molecule has 0 radical (unpaired) electrons. The molecule has 1 aliphatic rings. The van der Waals surface area contributed by atoms with Crippen molar-refractivity contribution in [3.05, 3.63) is 29.8 Å². The highest BCUT2D eigenvalue weighted by Gasteiger charge is 2.16. The van der Waals surface area contributed by atoms with Crippen LogP contribution in [-0.4, -0.2) is 30.2 Å². The van der Waals surface area contributed by atoms with E-state index in [1.165, 1.54) is 18.5 Å². The Hall–Kier alpha value is -1.55. The molecule has 3 N–H and O–H groups in total. The largest absolute Gasteiger partial charge is 0.480 e. The molecule has 0 saturated carbocycles. The van der Waals surface area contributed by atoms with Crippen LogP contribution in [0.1, 0.15) is 25.3 Å². The predicted molar refractivity (Wildman–Crippen MR) is 76.4 cm³/mol. The van der Waals surface area contributed by atoms with Gasteiger partial charge in [-0.25, -0.2) is 0 Å². The SMILES string of the molecule is CC1CCN(c2ccc(CC(N)C(=O)O)cc2)CC1. The summed E-state index contributed by atoms with van der Waals surface area (Å²) in [6.45, 7) is 4.51.